The van der Waals surface area contributed by atoms with E-state index in [9.17, 15) is 22.8 Å². The molecule has 0 heterocycles. The van der Waals surface area contributed by atoms with E-state index in [4.69, 9.17) is 0 Å². The Morgan fingerprint density at radius 1 is 1.24 bits per heavy atom. The fraction of sp³-hybridized carbons (Fsp3) is 0.429. The van der Waals surface area contributed by atoms with Gasteiger partial charge in [0, 0.05) is 15.7 Å². The molecule has 0 radical (unpaired) electrons. The third-order valence-corrected chi connectivity index (χ3v) is 4.31. The van der Waals surface area contributed by atoms with Gasteiger partial charge in [-0.15, -0.1) is 11.8 Å². The largest absolute Gasteiger partial charge is 0.471 e. The molecule has 0 spiro atoms. The average molecular weight is 317 g/mol. The van der Waals surface area contributed by atoms with Crippen LogP contribution in [0.4, 0.5) is 13.2 Å². The van der Waals surface area contributed by atoms with Crippen molar-refractivity contribution in [2.45, 2.75) is 42.1 Å². The first-order valence-corrected chi connectivity index (χ1v) is 7.34. The van der Waals surface area contributed by atoms with Gasteiger partial charge in [0.05, 0.1) is 6.04 Å². The third-order valence-electron chi connectivity index (χ3n) is 2.96. The van der Waals surface area contributed by atoms with E-state index in [0.29, 0.717) is 5.25 Å². The van der Waals surface area contributed by atoms with Gasteiger partial charge in [-0.25, -0.2) is 0 Å². The maximum atomic E-state index is 12.1. The van der Waals surface area contributed by atoms with Crippen molar-refractivity contribution in [3.05, 3.63) is 29.8 Å². The van der Waals surface area contributed by atoms with Gasteiger partial charge in [-0.1, -0.05) is 12.1 Å². The van der Waals surface area contributed by atoms with Crippen molar-refractivity contribution in [1.29, 1.82) is 0 Å². The van der Waals surface area contributed by atoms with Crippen LogP contribution in [0.2, 0.25) is 0 Å². The van der Waals surface area contributed by atoms with E-state index >= 15 is 0 Å². The molecule has 0 aromatic heterocycles. The van der Waals surface area contributed by atoms with Crippen LogP contribution in [0, 0.1) is 0 Å². The highest BCUT2D eigenvalue weighted by molar-refractivity contribution is 8.00. The zero-order valence-corrected chi connectivity index (χ0v) is 12.1. The number of thioether (sulfide) groups is 1. The van der Waals surface area contributed by atoms with Crippen LogP contribution in [0.1, 0.15) is 30.1 Å². The van der Waals surface area contributed by atoms with Crippen LogP contribution < -0.4 is 5.32 Å². The highest BCUT2D eigenvalue weighted by atomic mass is 32.2. The molecular formula is C14H14F3NO2S. The highest BCUT2D eigenvalue weighted by Gasteiger charge is 2.40. The van der Waals surface area contributed by atoms with E-state index in [1.165, 1.54) is 19.8 Å². The Kier molecular flexibility index (Phi) is 4.61. The predicted molar refractivity (Wildman–Crippen MR) is 73.3 cm³/mol. The number of carbonyl (C=O) groups is 2. The number of hydrogen-bond donors (Lipinski definition) is 1. The molecule has 21 heavy (non-hydrogen) atoms. The molecule has 1 fully saturated rings. The summed E-state index contributed by atoms with van der Waals surface area (Å²) < 4.78 is 36.4. The summed E-state index contributed by atoms with van der Waals surface area (Å²) in [7, 11) is 0. The second-order valence-corrected chi connectivity index (χ2v) is 6.27. The standard InChI is InChI=1S/C14H14F3NO2S/c1-8(18-13(20)14(15,16)17)12(19)9-2-4-10(5-3-9)21-11-6-7-11/h2-5,8,11H,6-7H2,1H3,(H,18,20)/t8-/m0/s1. The molecule has 0 bridgehead atoms. The van der Waals surface area contributed by atoms with Crippen LogP contribution in [0.15, 0.2) is 29.2 Å². The Hall–Kier alpha value is -1.50. The Bertz CT molecular complexity index is 538. The summed E-state index contributed by atoms with van der Waals surface area (Å²) in [5, 5.41) is 2.29. The van der Waals surface area contributed by atoms with E-state index in [-0.39, 0.29) is 5.56 Å². The molecule has 0 aliphatic heterocycles. The van der Waals surface area contributed by atoms with Crippen molar-refractivity contribution in [3.8, 4) is 0 Å². The minimum atomic E-state index is -4.99. The maximum absolute atomic E-state index is 12.1. The highest BCUT2D eigenvalue weighted by Crippen LogP contribution is 2.39. The number of ketones is 1. The molecule has 1 amide bonds. The lowest BCUT2D eigenvalue weighted by Crippen LogP contribution is -2.45. The fourth-order valence-corrected chi connectivity index (χ4v) is 2.72. The quantitative estimate of drug-likeness (QED) is 0.848. The molecule has 1 atom stereocenters. The van der Waals surface area contributed by atoms with Gasteiger partial charge in [-0.2, -0.15) is 13.2 Å². The van der Waals surface area contributed by atoms with Gasteiger partial charge >= 0.3 is 12.1 Å². The number of Topliss-reactive ketones (excluding diaryl/α,β-unsaturated/α-hetero) is 1. The Morgan fingerprint density at radius 2 is 1.81 bits per heavy atom. The van der Waals surface area contributed by atoms with Crippen molar-refractivity contribution < 1.29 is 22.8 Å². The second kappa shape index (κ2) is 6.09. The van der Waals surface area contributed by atoms with E-state index in [1.807, 2.05) is 0 Å². The van der Waals surface area contributed by atoms with Gasteiger partial charge in [-0.05, 0) is 31.9 Å². The summed E-state index contributed by atoms with van der Waals surface area (Å²) in [5.41, 5.74) is 0.283. The maximum Gasteiger partial charge on any atom is 0.471 e. The molecule has 2 rings (SSSR count). The molecular weight excluding hydrogens is 303 g/mol. The second-order valence-electron chi connectivity index (χ2n) is 4.90. The summed E-state index contributed by atoms with van der Waals surface area (Å²) in [6.07, 6.45) is -2.61. The summed E-state index contributed by atoms with van der Waals surface area (Å²) in [4.78, 5) is 23.8. The molecule has 1 aromatic rings. The fourth-order valence-electron chi connectivity index (χ4n) is 1.67. The molecule has 1 aliphatic carbocycles. The van der Waals surface area contributed by atoms with Crippen molar-refractivity contribution in [1.82, 2.24) is 5.32 Å². The minimum Gasteiger partial charge on any atom is -0.338 e. The Balaban J connectivity index is 1.96. The number of halogens is 3. The molecule has 1 N–H and O–H groups in total. The van der Waals surface area contributed by atoms with Gasteiger partial charge in [0.25, 0.3) is 0 Å². The van der Waals surface area contributed by atoms with Crippen molar-refractivity contribution in [2.24, 2.45) is 0 Å². The van der Waals surface area contributed by atoms with Crippen molar-refractivity contribution in [3.63, 3.8) is 0 Å². The first-order valence-electron chi connectivity index (χ1n) is 6.46. The molecule has 1 aliphatic rings. The topological polar surface area (TPSA) is 46.2 Å². The van der Waals surface area contributed by atoms with Crippen LogP contribution >= 0.6 is 11.8 Å². The van der Waals surface area contributed by atoms with Gasteiger partial charge in [-0.3, -0.25) is 9.59 Å². The van der Waals surface area contributed by atoms with Gasteiger partial charge in [0.1, 0.15) is 0 Å². The van der Waals surface area contributed by atoms with Crippen LogP contribution in [-0.2, 0) is 4.79 Å². The molecule has 1 saturated carbocycles. The molecule has 0 saturated heterocycles. The van der Waals surface area contributed by atoms with E-state index in [1.54, 1.807) is 41.3 Å². The first kappa shape index (κ1) is 15.9. The lowest BCUT2D eigenvalue weighted by molar-refractivity contribution is -0.173. The van der Waals surface area contributed by atoms with Crippen LogP contribution in [-0.4, -0.2) is 29.2 Å². The lowest BCUT2D eigenvalue weighted by atomic mass is 10.1. The van der Waals surface area contributed by atoms with Crippen LogP contribution in [0.3, 0.4) is 0 Å². The lowest BCUT2D eigenvalue weighted by Gasteiger charge is -2.14. The first-order chi connectivity index (χ1) is 9.77. The Labute approximate surface area is 124 Å². The Morgan fingerprint density at radius 3 is 2.29 bits per heavy atom. The number of hydrogen-bond acceptors (Lipinski definition) is 3. The van der Waals surface area contributed by atoms with E-state index < -0.39 is 23.9 Å². The number of nitrogens with one attached hydrogen (secondary N) is 1. The monoisotopic (exact) mass is 317 g/mol. The SMILES string of the molecule is C[C@H](NC(=O)C(F)(F)F)C(=O)c1ccc(SC2CC2)cc1. The van der Waals surface area contributed by atoms with Crippen molar-refractivity contribution >= 4 is 23.5 Å². The molecule has 3 nitrogen and oxygen atoms in total. The number of benzene rings is 1. The van der Waals surface area contributed by atoms with E-state index in [2.05, 4.69) is 0 Å². The van der Waals surface area contributed by atoms with Gasteiger partial charge in [0.2, 0.25) is 0 Å². The molecule has 0 unspecified atom stereocenters. The number of rotatable bonds is 5. The number of alkyl halides is 3. The average Bonchev–Trinajstić information content (AvgIpc) is 3.21. The number of carbonyl (C=O) groups excluding carboxylic acids is 2. The van der Waals surface area contributed by atoms with Gasteiger partial charge in [0.15, 0.2) is 5.78 Å². The van der Waals surface area contributed by atoms with Crippen molar-refractivity contribution in [2.75, 3.05) is 0 Å². The summed E-state index contributed by atoms with van der Waals surface area (Å²) in [6, 6.07) is 5.47. The predicted octanol–water partition coefficient (Wildman–Crippen LogP) is 3.19. The molecule has 114 valence electrons. The minimum absolute atomic E-state index is 0.283. The van der Waals surface area contributed by atoms with Crippen LogP contribution in [0.5, 0.6) is 0 Å². The molecule has 7 heteroatoms. The zero-order valence-electron chi connectivity index (χ0n) is 11.2. The normalized spacial score (nSPS) is 16.4. The third kappa shape index (κ3) is 4.49. The smallest absolute Gasteiger partial charge is 0.338 e. The molecule has 1 aromatic carbocycles. The van der Waals surface area contributed by atoms with Gasteiger partial charge < -0.3 is 5.32 Å². The van der Waals surface area contributed by atoms with Crippen LogP contribution in [0.25, 0.3) is 0 Å². The van der Waals surface area contributed by atoms with E-state index in [0.717, 1.165) is 4.90 Å². The summed E-state index contributed by atoms with van der Waals surface area (Å²) in [5.74, 6) is -2.65. The summed E-state index contributed by atoms with van der Waals surface area (Å²) in [6.45, 7) is 1.23. The zero-order chi connectivity index (χ0) is 15.6. The summed E-state index contributed by atoms with van der Waals surface area (Å²) >= 11 is 1.72. The number of amides is 1.